The number of carbonyl (C=O) groups is 1. The number of thiazole rings is 1. The lowest BCUT2D eigenvalue weighted by Gasteiger charge is -2.09. The fraction of sp³-hybridized carbons (Fsp3) is 0.133. The number of hydrogen-bond donors (Lipinski definition) is 1. The van der Waals surface area contributed by atoms with Crippen LogP contribution in [0, 0.1) is 0 Å². The molecule has 25 heavy (non-hydrogen) atoms. The summed E-state index contributed by atoms with van der Waals surface area (Å²) in [4.78, 5) is 15.2. The van der Waals surface area contributed by atoms with E-state index in [1.807, 2.05) is 0 Å². The largest absolute Gasteiger partial charge is 0.478 e. The van der Waals surface area contributed by atoms with Gasteiger partial charge >= 0.3 is 12.1 Å². The van der Waals surface area contributed by atoms with E-state index in [1.54, 1.807) is 5.38 Å². The second kappa shape index (κ2) is 6.49. The van der Waals surface area contributed by atoms with E-state index < -0.39 is 22.7 Å². The molecule has 3 rings (SSSR count). The maximum absolute atomic E-state index is 12.7. The van der Waals surface area contributed by atoms with Crippen LogP contribution in [0.5, 0.6) is 0 Å². The fourth-order valence-corrected chi connectivity index (χ4v) is 3.20. The third kappa shape index (κ3) is 3.83. The van der Waals surface area contributed by atoms with Crippen molar-refractivity contribution in [3.63, 3.8) is 0 Å². The monoisotopic (exact) mass is 387 g/mol. The summed E-state index contributed by atoms with van der Waals surface area (Å²) in [5.41, 5.74) is 0.117. The summed E-state index contributed by atoms with van der Waals surface area (Å²) in [6, 6.07) is 3.45. The Morgan fingerprint density at radius 1 is 1.36 bits per heavy atom. The van der Waals surface area contributed by atoms with Crippen LogP contribution >= 0.6 is 22.9 Å². The quantitative estimate of drug-likeness (QED) is 0.719. The van der Waals surface area contributed by atoms with Crippen LogP contribution in [0.4, 0.5) is 13.2 Å². The highest BCUT2D eigenvalue weighted by molar-refractivity contribution is 7.09. The average Bonchev–Trinajstić information content (AvgIpc) is 3.16. The molecule has 130 valence electrons. The molecular formula is C15H9ClF3N3O2S. The third-order valence-electron chi connectivity index (χ3n) is 3.30. The number of nitrogens with zero attached hydrogens (tertiary/aromatic N) is 3. The predicted octanol–water partition coefficient (Wildman–Crippen LogP) is 4.43. The topological polar surface area (TPSA) is 68.0 Å². The smallest absolute Gasteiger partial charge is 0.417 e. The van der Waals surface area contributed by atoms with Gasteiger partial charge in [-0.05, 0) is 12.1 Å². The SMILES string of the molecule is O=C(O)c1cnn(Cc2nc(-c3ccc(C(F)(F)F)c(Cl)c3)cs2)c1. The summed E-state index contributed by atoms with van der Waals surface area (Å²) in [6.07, 6.45) is -1.91. The number of hydrogen-bond acceptors (Lipinski definition) is 4. The number of carboxylic acids is 1. The van der Waals surface area contributed by atoms with Gasteiger partial charge < -0.3 is 5.11 Å². The first-order chi connectivity index (χ1) is 11.7. The van der Waals surface area contributed by atoms with E-state index in [9.17, 15) is 18.0 Å². The highest BCUT2D eigenvalue weighted by Gasteiger charge is 2.33. The number of benzene rings is 1. The van der Waals surface area contributed by atoms with Gasteiger partial charge in [0.2, 0.25) is 0 Å². The molecule has 2 aromatic heterocycles. The van der Waals surface area contributed by atoms with E-state index in [-0.39, 0.29) is 12.1 Å². The maximum atomic E-state index is 12.7. The Morgan fingerprint density at radius 3 is 2.72 bits per heavy atom. The Morgan fingerprint density at radius 2 is 2.12 bits per heavy atom. The van der Waals surface area contributed by atoms with E-state index >= 15 is 0 Å². The van der Waals surface area contributed by atoms with E-state index in [0.717, 1.165) is 6.07 Å². The number of halogens is 4. The molecule has 0 radical (unpaired) electrons. The van der Waals surface area contributed by atoms with Crippen LogP contribution in [-0.2, 0) is 12.7 Å². The lowest BCUT2D eigenvalue weighted by Crippen LogP contribution is -2.05. The van der Waals surface area contributed by atoms with E-state index in [2.05, 4.69) is 10.1 Å². The molecule has 1 N–H and O–H groups in total. The van der Waals surface area contributed by atoms with Gasteiger partial charge in [-0.3, -0.25) is 4.68 Å². The number of aromatic carboxylic acids is 1. The number of rotatable bonds is 4. The molecule has 0 spiro atoms. The predicted molar refractivity (Wildman–Crippen MR) is 85.9 cm³/mol. The van der Waals surface area contributed by atoms with Crippen molar-refractivity contribution in [2.45, 2.75) is 12.7 Å². The number of carboxylic acid groups (broad SMARTS) is 1. The van der Waals surface area contributed by atoms with Crippen LogP contribution < -0.4 is 0 Å². The third-order valence-corrected chi connectivity index (χ3v) is 4.45. The van der Waals surface area contributed by atoms with Crippen molar-refractivity contribution in [1.29, 1.82) is 0 Å². The Labute approximate surface area is 148 Å². The Kier molecular flexibility index (Phi) is 4.53. The van der Waals surface area contributed by atoms with E-state index in [4.69, 9.17) is 16.7 Å². The zero-order valence-electron chi connectivity index (χ0n) is 12.3. The van der Waals surface area contributed by atoms with Gasteiger partial charge in [-0.15, -0.1) is 11.3 Å². The summed E-state index contributed by atoms with van der Waals surface area (Å²) < 4.78 is 39.6. The molecular weight excluding hydrogens is 379 g/mol. The van der Waals surface area contributed by atoms with Crippen molar-refractivity contribution < 1.29 is 23.1 Å². The minimum Gasteiger partial charge on any atom is -0.478 e. The van der Waals surface area contributed by atoms with Crippen LogP contribution in [0.1, 0.15) is 20.9 Å². The van der Waals surface area contributed by atoms with Crippen LogP contribution in [0.2, 0.25) is 5.02 Å². The molecule has 0 bridgehead atoms. The molecule has 3 aromatic rings. The summed E-state index contributed by atoms with van der Waals surface area (Å²) >= 11 is 7.01. The van der Waals surface area contributed by atoms with Crippen molar-refractivity contribution >= 4 is 28.9 Å². The first kappa shape index (κ1) is 17.4. The summed E-state index contributed by atoms with van der Waals surface area (Å²) in [6.45, 7) is 0.256. The van der Waals surface area contributed by atoms with Crippen LogP contribution in [-0.4, -0.2) is 25.8 Å². The van der Waals surface area contributed by atoms with Gasteiger partial charge in [0.05, 0.1) is 34.6 Å². The lowest BCUT2D eigenvalue weighted by atomic mass is 10.1. The van der Waals surface area contributed by atoms with Gasteiger partial charge in [-0.1, -0.05) is 17.7 Å². The highest BCUT2D eigenvalue weighted by Crippen LogP contribution is 2.36. The van der Waals surface area contributed by atoms with Gasteiger partial charge in [-0.2, -0.15) is 18.3 Å². The minimum atomic E-state index is -4.51. The maximum Gasteiger partial charge on any atom is 0.417 e. The lowest BCUT2D eigenvalue weighted by molar-refractivity contribution is -0.137. The van der Waals surface area contributed by atoms with Gasteiger partial charge in [-0.25, -0.2) is 9.78 Å². The first-order valence-electron chi connectivity index (χ1n) is 6.81. The fourth-order valence-electron chi connectivity index (χ4n) is 2.12. The standard InChI is InChI=1S/C15H9ClF3N3O2S/c16-11-3-8(1-2-10(11)15(17,18)19)12-7-25-13(21-12)6-22-5-9(4-20-22)14(23)24/h1-5,7H,6H2,(H,23,24). The molecule has 0 aliphatic carbocycles. The van der Waals surface area contributed by atoms with E-state index in [0.29, 0.717) is 16.3 Å². The number of aromatic nitrogens is 3. The van der Waals surface area contributed by atoms with Gasteiger partial charge in [0.25, 0.3) is 0 Å². The van der Waals surface area contributed by atoms with Gasteiger partial charge in [0, 0.05) is 17.1 Å². The molecule has 0 atom stereocenters. The molecule has 0 aliphatic heterocycles. The normalized spacial score (nSPS) is 11.7. The molecule has 5 nitrogen and oxygen atoms in total. The molecule has 0 saturated carbocycles. The molecule has 0 saturated heterocycles. The Balaban J connectivity index is 1.81. The Hall–Kier alpha value is -2.39. The zero-order valence-corrected chi connectivity index (χ0v) is 13.9. The van der Waals surface area contributed by atoms with Gasteiger partial charge in [0.1, 0.15) is 5.01 Å². The molecule has 10 heteroatoms. The second-order valence-electron chi connectivity index (χ2n) is 5.05. The highest BCUT2D eigenvalue weighted by atomic mass is 35.5. The molecule has 0 fully saturated rings. The van der Waals surface area contributed by atoms with Crippen molar-refractivity contribution in [2.24, 2.45) is 0 Å². The molecule has 0 aliphatic rings. The minimum absolute atomic E-state index is 0.0614. The van der Waals surface area contributed by atoms with Crippen molar-refractivity contribution in [3.8, 4) is 11.3 Å². The van der Waals surface area contributed by atoms with E-state index in [1.165, 1.54) is 40.5 Å². The summed E-state index contributed by atoms with van der Waals surface area (Å²) in [7, 11) is 0. The van der Waals surface area contributed by atoms with Crippen LogP contribution in [0.25, 0.3) is 11.3 Å². The Bertz CT molecular complexity index is 936. The van der Waals surface area contributed by atoms with Crippen molar-refractivity contribution in [2.75, 3.05) is 0 Å². The summed E-state index contributed by atoms with van der Waals surface area (Å²) in [5.74, 6) is -1.08. The van der Waals surface area contributed by atoms with Crippen molar-refractivity contribution in [1.82, 2.24) is 14.8 Å². The van der Waals surface area contributed by atoms with Crippen LogP contribution in [0.3, 0.4) is 0 Å². The molecule has 0 amide bonds. The van der Waals surface area contributed by atoms with Gasteiger partial charge in [0.15, 0.2) is 0 Å². The number of alkyl halides is 3. The second-order valence-corrected chi connectivity index (χ2v) is 6.40. The summed E-state index contributed by atoms with van der Waals surface area (Å²) in [5, 5.41) is 14.7. The average molecular weight is 388 g/mol. The molecule has 1 aromatic carbocycles. The molecule has 0 unspecified atom stereocenters. The zero-order chi connectivity index (χ0) is 18.2. The van der Waals surface area contributed by atoms with Crippen LogP contribution in [0.15, 0.2) is 36.0 Å². The molecule has 2 heterocycles. The van der Waals surface area contributed by atoms with Crippen molar-refractivity contribution in [3.05, 3.63) is 57.1 Å². The first-order valence-corrected chi connectivity index (χ1v) is 8.07.